The van der Waals surface area contributed by atoms with Crippen molar-refractivity contribution in [3.63, 3.8) is 0 Å². The minimum absolute atomic E-state index is 0.188. The van der Waals surface area contributed by atoms with E-state index in [9.17, 15) is 4.79 Å². The summed E-state index contributed by atoms with van der Waals surface area (Å²) in [6.45, 7) is 0. The Hall–Kier alpha value is -4.33. The molecule has 0 spiro atoms. The van der Waals surface area contributed by atoms with Gasteiger partial charge in [0.1, 0.15) is 0 Å². The summed E-state index contributed by atoms with van der Waals surface area (Å²) in [5, 5.41) is 4.83. The molecule has 8 heteroatoms. The van der Waals surface area contributed by atoms with E-state index < -0.39 is 0 Å². The molecule has 1 heterocycles. The van der Waals surface area contributed by atoms with Crippen LogP contribution in [0, 0.1) is 0 Å². The third kappa shape index (κ3) is 3.98. The number of aromatic nitrogens is 2. The number of hydrazone groups is 1. The Balaban J connectivity index is 1.75. The second-order valence-electron chi connectivity index (χ2n) is 6.76. The number of hydrogen-bond acceptors (Lipinski definition) is 7. The van der Waals surface area contributed by atoms with Gasteiger partial charge in [0.15, 0.2) is 11.5 Å². The number of rotatable bonds is 7. The van der Waals surface area contributed by atoms with E-state index in [4.69, 9.17) is 14.2 Å². The zero-order valence-electron chi connectivity index (χ0n) is 17.9. The lowest BCUT2D eigenvalue weighted by molar-refractivity contribution is 0.324. The van der Waals surface area contributed by atoms with E-state index in [1.54, 1.807) is 51.8 Å². The number of nitrogens with zero attached hydrogens (tertiary/aromatic N) is 3. The van der Waals surface area contributed by atoms with E-state index in [1.807, 2.05) is 42.5 Å². The number of nitrogens with one attached hydrogen (secondary N) is 1. The first-order valence-corrected chi connectivity index (χ1v) is 9.82. The van der Waals surface area contributed by atoms with Crippen LogP contribution in [0.4, 0.5) is 5.95 Å². The van der Waals surface area contributed by atoms with Crippen LogP contribution < -0.4 is 25.2 Å². The van der Waals surface area contributed by atoms with Crippen molar-refractivity contribution in [3.05, 3.63) is 82.6 Å². The van der Waals surface area contributed by atoms with Gasteiger partial charge in [0.25, 0.3) is 5.56 Å². The standard InChI is InChI=1S/C24H22N4O4/c1-30-20-13-16(14-21(31-2)22(20)32-3)15-25-27-24-26-19-12-8-7-11-18(19)23(29)28(24)17-9-5-4-6-10-17/h4-15H,1-3H3,(H,26,27). The molecule has 0 unspecified atom stereocenters. The number of para-hydroxylation sites is 2. The van der Waals surface area contributed by atoms with Crippen molar-refractivity contribution in [3.8, 4) is 22.9 Å². The van der Waals surface area contributed by atoms with Crippen LogP contribution >= 0.6 is 0 Å². The maximum absolute atomic E-state index is 13.2. The maximum Gasteiger partial charge on any atom is 0.267 e. The van der Waals surface area contributed by atoms with Crippen molar-refractivity contribution in [1.29, 1.82) is 0 Å². The molecule has 4 rings (SSSR count). The van der Waals surface area contributed by atoms with Crippen molar-refractivity contribution in [1.82, 2.24) is 9.55 Å². The van der Waals surface area contributed by atoms with Gasteiger partial charge < -0.3 is 14.2 Å². The molecule has 0 atom stereocenters. The van der Waals surface area contributed by atoms with Crippen LogP contribution in [0.25, 0.3) is 16.6 Å². The number of hydrogen-bond donors (Lipinski definition) is 1. The van der Waals surface area contributed by atoms with Crippen LogP contribution in [0.1, 0.15) is 5.56 Å². The Kier molecular flexibility index (Phi) is 6.03. The van der Waals surface area contributed by atoms with Gasteiger partial charge >= 0.3 is 0 Å². The van der Waals surface area contributed by atoms with Gasteiger partial charge in [-0.2, -0.15) is 5.10 Å². The van der Waals surface area contributed by atoms with Crippen molar-refractivity contribution in [2.24, 2.45) is 5.10 Å². The summed E-state index contributed by atoms with van der Waals surface area (Å²) in [7, 11) is 4.64. The second-order valence-corrected chi connectivity index (χ2v) is 6.76. The minimum Gasteiger partial charge on any atom is -0.493 e. The molecule has 4 aromatic rings. The molecule has 162 valence electrons. The van der Waals surface area contributed by atoms with E-state index in [1.165, 1.54) is 4.57 Å². The predicted molar refractivity (Wildman–Crippen MR) is 125 cm³/mol. The zero-order chi connectivity index (χ0) is 22.5. The van der Waals surface area contributed by atoms with Crippen LogP contribution in [-0.2, 0) is 0 Å². The monoisotopic (exact) mass is 430 g/mol. The number of methoxy groups -OCH3 is 3. The summed E-state index contributed by atoms with van der Waals surface area (Å²) in [5.74, 6) is 1.81. The molecular weight excluding hydrogens is 408 g/mol. The third-order valence-electron chi connectivity index (χ3n) is 4.86. The number of fused-ring (bicyclic) bond motifs is 1. The van der Waals surface area contributed by atoms with E-state index in [-0.39, 0.29) is 5.56 Å². The average molecular weight is 430 g/mol. The summed E-state index contributed by atoms with van der Waals surface area (Å²) >= 11 is 0. The predicted octanol–water partition coefficient (Wildman–Crippen LogP) is 3.86. The van der Waals surface area contributed by atoms with Crippen molar-refractivity contribution < 1.29 is 14.2 Å². The summed E-state index contributed by atoms with van der Waals surface area (Å²) in [5.41, 5.74) is 4.69. The van der Waals surface area contributed by atoms with Crippen LogP contribution in [-0.4, -0.2) is 37.1 Å². The van der Waals surface area contributed by atoms with Crippen molar-refractivity contribution in [2.45, 2.75) is 0 Å². The zero-order valence-corrected chi connectivity index (χ0v) is 17.9. The summed E-state index contributed by atoms with van der Waals surface area (Å²) < 4.78 is 17.6. The fraction of sp³-hybridized carbons (Fsp3) is 0.125. The SMILES string of the molecule is COc1cc(C=NNc2nc3ccccc3c(=O)n2-c2ccccc2)cc(OC)c1OC. The number of anilines is 1. The summed E-state index contributed by atoms with van der Waals surface area (Å²) in [4.78, 5) is 17.8. The molecule has 0 fully saturated rings. The molecule has 0 aliphatic rings. The van der Waals surface area contributed by atoms with Gasteiger partial charge in [-0.25, -0.2) is 15.0 Å². The number of ether oxygens (including phenoxy) is 3. The first-order chi connectivity index (χ1) is 15.7. The molecule has 0 saturated carbocycles. The highest BCUT2D eigenvalue weighted by atomic mass is 16.5. The lowest BCUT2D eigenvalue weighted by Gasteiger charge is -2.13. The van der Waals surface area contributed by atoms with Crippen LogP contribution in [0.2, 0.25) is 0 Å². The van der Waals surface area contributed by atoms with E-state index in [0.29, 0.717) is 45.4 Å². The molecule has 8 nitrogen and oxygen atoms in total. The molecular formula is C24H22N4O4. The van der Waals surface area contributed by atoms with Gasteiger partial charge in [-0.05, 0) is 36.4 Å². The van der Waals surface area contributed by atoms with E-state index in [2.05, 4.69) is 15.5 Å². The fourth-order valence-corrected chi connectivity index (χ4v) is 3.36. The lowest BCUT2D eigenvalue weighted by atomic mass is 10.2. The van der Waals surface area contributed by atoms with Crippen molar-refractivity contribution in [2.75, 3.05) is 26.8 Å². The highest BCUT2D eigenvalue weighted by Crippen LogP contribution is 2.37. The van der Waals surface area contributed by atoms with E-state index >= 15 is 0 Å². The van der Waals surface area contributed by atoms with Crippen LogP contribution in [0.5, 0.6) is 17.2 Å². The Morgan fingerprint density at radius 3 is 2.22 bits per heavy atom. The van der Waals surface area contributed by atoms with Gasteiger partial charge in [-0.15, -0.1) is 0 Å². The van der Waals surface area contributed by atoms with Gasteiger partial charge in [0, 0.05) is 5.56 Å². The molecule has 0 bridgehead atoms. The first-order valence-electron chi connectivity index (χ1n) is 9.82. The molecule has 0 aliphatic carbocycles. The van der Waals surface area contributed by atoms with Crippen LogP contribution in [0.15, 0.2) is 76.6 Å². The Bertz CT molecular complexity index is 1310. The minimum atomic E-state index is -0.188. The second kappa shape index (κ2) is 9.22. The largest absolute Gasteiger partial charge is 0.493 e. The van der Waals surface area contributed by atoms with Crippen LogP contribution in [0.3, 0.4) is 0 Å². The summed E-state index contributed by atoms with van der Waals surface area (Å²) in [6.07, 6.45) is 1.58. The van der Waals surface area contributed by atoms with Gasteiger partial charge in [-0.3, -0.25) is 4.79 Å². The maximum atomic E-state index is 13.2. The first kappa shape index (κ1) is 20.9. The Morgan fingerprint density at radius 1 is 0.906 bits per heavy atom. The highest BCUT2D eigenvalue weighted by molar-refractivity contribution is 5.83. The van der Waals surface area contributed by atoms with Gasteiger partial charge in [0.2, 0.25) is 11.7 Å². The fourth-order valence-electron chi connectivity index (χ4n) is 3.36. The third-order valence-corrected chi connectivity index (χ3v) is 4.86. The molecule has 0 saturated heterocycles. The number of benzene rings is 3. The summed E-state index contributed by atoms with van der Waals surface area (Å²) in [6, 6.07) is 20.0. The van der Waals surface area contributed by atoms with Crippen molar-refractivity contribution >= 4 is 23.1 Å². The molecule has 32 heavy (non-hydrogen) atoms. The molecule has 3 aromatic carbocycles. The lowest BCUT2D eigenvalue weighted by Crippen LogP contribution is -2.22. The van der Waals surface area contributed by atoms with E-state index in [0.717, 1.165) is 0 Å². The molecule has 0 amide bonds. The van der Waals surface area contributed by atoms with Gasteiger partial charge in [-0.1, -0.05) is 30.3 Å². The smallest absolute Gasteiger partial charge is 0.267 e. The molecule has 0 aliphatic heterocycles. The normalized spacial score (nSPS) is 11.0. The molecule has 1 N–H and O–H groups in total. The molecule has 1 aromatic heterocycles. The Morgan fingerprint density at radius 2 is 1.56 bits per heavy atom. The molecule has 0 radical (unpaired) electrons. The average Bonchev–Trinajstić information content (AvgIpc) is 2.84. The quantitative estimate of drug-likeness (QED) is 0.354. The van der Waals surface area contributed by atoms with Gasteiger partial charge in [0.05, 0.1) is 44.1 Å². The Labute approximate surface area is 184 Å². The highest BCUT2D eigenvalue weighted by Gasteiger charge is 2.14. The topological polar surface area (TPSA) is 87.0 Å².